The number of nitrogens with zero attached hydrogens (tertiary/aromatic N) is 2. The van der Waals surface area contributed by atoms with Crippen LogP contribution in [-0.4, -0.2) is 146 Å². The third-order valence-electron chi connectivity index (χ3n) is 11.4. The molecule has 3 aromatic rings. The highest BCUT2D eigenvalue weighted by Crippen LogP contribution is 2.20. The van der Waals surface area contributed by atoms with Crippen LogP contribution in [-0.2, 0) is 65.6 Å². The third-order valence-corrected chi connectivity index (χ3v) is 12.0. The molecule has 14 N–H and O–H groups in total. The number of amides is 10. The first-order chi connectivity index (χ1) is 34.9. The lowest BCUT2D eigenvalue weighted by Gasteiger charge is -2.26. The molecule has 3 rings (SSSR count). The van der Waals surface area contributed by atoms with Crippen molar-refractivity contribution < 1.29 is 62.3 Å². The van der Waals surface area contributed by atoms with E-state index in [2.05, 4.69) is 52.5 Å². The topological polar surface area (TPSA) is 390 Å². The molecule has 0 spiro atoms. The van der Waals surface area contributed by atoms with Crippen LogP contribution < -0.4 is 54.0 Å². The van der Waals surface area contributed by atoms with Gasteiger partial charge in [-0.1, -0.05) is 50.4 Å². The van der Waals surface area contributed by atoms with Crippen molar-refractivity contribution in [2.24, 2.45) is 23.3 Å². The number of nitrogens with two attached hydrogens (primary N) is 2. The van der Waals surface area contributed by atoms with Gasteiger partial charge in [0, 0.05) is 42.8 Å². The van der Waals surface area contributed by atoms with Gasteiger partial charge >= 0.3 is 5.97 Å². The summed E-state index contributed by atoms with van der Waals surface area (Å²) in [5, 5.41) is 29.8. The maximum Gasteiger partial charge on any atom is 0.303 e. The SMILES string of the molecule is CSCCC(NC(=O)C(CC(C)C)NC(=O)C(Cc1cncn1F)NC(=O)CNC(=O)C(NC(=O)C(C)NC(=O)C(Cc1c[nH]c2ccccc12)NC(=O)C(CCC(N)=O)NC(=O)CCC(=O)O)C(C)C)C(N)=O. The Morgan fingerprint density at radius 2 is 1.31 bits per heavy atom. The lowest BCUT2D eigenvalue weighted by atomic mass is 10.0. The maximum atomic E-state index is 14.5. The number of hydrogen-bond acceptors (Lipinski definition) is 13. The fourth-order valence-electron chi connectivity index (χ4n) is 7.39. The number of primary amides is 2. The number of halogens is 1. The van der Waals surface area contributed by atoms with Crippen LogP contribution in [0.3, 0.4) is 0 Å². The zero-order valence-electron chi connectivity index (χ0n) is 42.1. The summed E-state index contributed by atoms with van der Waals surface area (Å²) >= 11 is 1.43. The van der Waals surface area contributed by atoms with Gasteiger partial charge in [-0.05, 0) is 61.7 Å². The Hall–Kier alpha value is -7.58. The molecule has 0 saturated heterocycles. The number of aromatic nitrogens is 3. The second-order valence-electron chi connectivity index (χ2n) is 18.3. The molecule has 7 atom stereocenters. The number of benzene rings is 1. The van der Waals surface area contributed by atoms with Crippen LogP contribution in [0.5, 0.6) is 0 Å². The van der Waals surface area contributed by atoms with Gasteiger partial charge in [-0.15, -0.1) is 0 Å². The number of aromatic amines is 1. The summed E-state index contributed by atoms with van der Waals surface area (Å²) in [5.41, 5.74) is 12.0. The second-order valence-corrected chi connectivity index (χ2v) is 19.3. The van der Waals surface area contributed by atoms with E-state index in [1.165, 1.54) is 18.7 Å². The molecule has 2 aromatic heterocycles. The number of aliphatic carboxylic acids is 1. The van der Waals surface area contributed by atoms with Crippen molar-refractivity contribution in [1.82, 2.24) is 57.3 Å². The molecular weight excluding hydrogens is 990 g/mol. The van der Waals surface area contributed by atoms with Gasteiger partial charge in [-0.3, -0.25) is 52.7 Å². The van der Waals surface area contributed by atoms with Crippen LogP contribution in [0, 0.1) is 11.8 Å². The van der Waals surface area contributed by atoms with E-state index in [1.807, 2.05) is 6.26 Å². The minimum absolute atomic E-state index is 0.107. The number of para-hydroxylation sites is 1. The Morgan fingerprint density at radius 3 is 1.92 bits per heavy atom. The molecule has 0 aliphatic rings. The van der Waals surface area contributed by atoms with E-state index in [-0.39, 0.29) is 48.5 Å². The Bertz CT molecular complexity index is 2480. The lowest BCUT2D eigenvalue weighted by molar-refractivity contribution is -0.139. The quantitative estimate of drug-likeness (QED) is 0.0338. The molecule has 0 fully saturated rings. The van der Waals surface area contributed by atoms with Gasteiger partial charge in [0.1, 0.15) is 48.6 Å². The van der Waals surface area contributed by atoms with Crippen LogP contribution in [0.1, 0.15) is 84.4 Å². The van der Waals surface area contributed by atoms with Gasteiger partial charge in [-0.2, -0.15) is 16.6 Å². The summed E-state index contributed by atoms with van der Waals surface area (Å²) in [6.45, 7) is 7.33. The third kappa shape index (κ3) is 20.1. The number of nitrogens with one attached hydrogen (secondary N) is 9. The van der Waals surface area contributed by atoms with Crippen molar-refractivity contribution in [2.75, 3.05) is 18.6 Å². The van der Waals surface area contributed by atoms with Crippen molar-refractivity contribution in [3.8, 4) is 0 Å². The highest BCUT2D eigenvalue weighted by Gasteiger charge is 2.34. The number of carboxylic acids is 1. The lowest BCUT2D eigenvalue weighted by Crippen LogP contribution is -2.59. The largest absolute Gasteiger partial charge is 0.481 e. The Morgan fingerprint density at radius 1 is 0.703 bits per heavy atom. The fourth-order valence-corrected chi connectivity index (χ4v) is 7.87. The number of carbonyl (C=O) groups is 11. The van der Waals surface area contributed by atoms with Gasteiger partial charge < -0.3 is 64.1 Å². The van der Waals surface area contributed by atoms with E-state index in [1.54, 1.807) is 58.2 Å². The van der Waals surface area contributed by atoms with Crippen LogP contribution >= 0.6 is 11.8 Å². The summed E-state index contributed by atoms with van der Waals surface area (Å²) in [6.07, 6.45) is 3.46. The van der Waals surface area contributed by atoms with Gasteiger partial charge in [0.25, 0.3) is 0 Å². The van der Waals surface area contributed by atoms with E-state index in [0.717, 1.165) is 12.5 Å². The molecule has 0 saturated carbocycles. The Kier molecular flexibility index (Phi) is 24.5. The van der Waals surface area contributed by atoms with Crippen LogP contribution in [0.2, 0.25) is 0 Å². The number of rotatable bonds is 32. The molecule has 7 unspecified atom stereocenters. The predicted molar refractivity (Wildman–Crippen MR) is 268 cm³/mol. The van der Waals surface area contributed by atoms with Crippen molar-refractivity contribution in [2.45, 2.75) is 128 Å². The molecule has 1 aromatic carbocycles. The number of thioether (sulfide) groups is 1. The van der Waals surface area contributed by atoms with Crippen molar-refractivity contribution >= 4 is 87.7 Å². The van der Waals surface area contributed by atoms with Crippen LogP contribution in [0.25, 0.3) is 10.9 Å². The smallest absolute Gasteiger partial charge is 0.303 e. The monoisotopic (exact) mass is 1060 g/mol. The first-order valence-electron chi connectivity index (χ1n) is 23.8. The van der Waals surface area contributed by atoms with E-state index in [0.29, 0.717) is 22.2 Å². The van der Waals surface area contributed by atoms with Crippen LogP contribution in [0.4, 0.5) is 4.48 Å². The minimum atomic E-state index is -1.52. The number of hydrogen-bond donors (Lipinski definition) is 12. The number of carbonyl (C=O) groups excluding carboxylic acids is 10. The number of fused-ring (bicyclic) bond motifs is 1. The average molecular weight is 1060 g/mol. The van der Waals surface area contributed by atoms with E-state index >= 15 is 0 Å². The highest BCUT2D eigenvalue weighted by atomic mass is 32.2. The second kappa shape index (κ2) is 29.8. The molecule has 27 heteroatoms. The van der Waals surface area contributed by atoms with Crippen molar-refractivity contribution in [1.29, 1.82) is 0 Å². The fraction of sp³-hybridized carbons (Fsp3) is 0.532. The molecular formula is C47H68FN13O12S. The summed E-state index contributed by atoms with van der Waals surface area (Å²) in [6, 6.07) is -2.14. The van der Waals surface area contributed by atoms with Gasteiger partial charge in [0.05, 0.1) is 24.9 Å². The normalized spacial score (nSPS) is 14.0. The van der Waals surface area contributed by atoms with E-state index < -0.39 is 139 Å². The number of carboxylic acid groups (broad SMARTS) is 1. The summed E-state index contributed by atoms with van der Waals surface area (Å²) in [5.74, 6) is -9.91. The zero-order chi connectivity index (χ0) is 55.2. The molecule has 2 heterocycles. The van der Waals surface area contributed by atoms with E-state index in [4.69, 9.17) is 16.6 Å². The first-order valence-corrected chi connectivity index (χ1v) is 25.2. The maximum absolute atomic E-state index is 14.5. The summed E-state index contributed by atoms with van der Waals surface area (Å²) in [7, 11) is 0. The predicted octanol–water partition coefficient (Wildman–Crippen LogP) is -1.52. The molecule has 0 bridgehead atoms. The standard InChI is InChI=1S/C47H68FN13O12S/c1-24(2)17-33(45(71)57-31(41(50)67)15-16-74-6)58-46(72)35(19-28-21-51-23-61(28)48)56-38(64)22-53-47(73)40(25(3)4)60-42(68)26(5)54-44(70)34(18-27-20-52-30-10-8-7-9-29(27)30)59-43(69)32(11-12-36(49)62)55-37(63)13-14-39(65)66/h7-10,20-21,23-26,31-35,40,52H,11-19,22H2,1-6H3,(H2,49,62)(H2,50,67)(H,53,73)(H,54,70)(H,55,63)(H,56,64)(H,57,71)(H,58,72)(H,59,69)(H,60,68)(H,65,66). The van der Waals surface area contributed by atoms with E-state index in [9.17, 15) is 57.2 Å². The average Bonchev–Trinajstić information content (AvgIpc) is 3.94. The van der Waals surface area contributed by atoms with Gasteiger partial charge in [0.2, 0.25) is 59.1 Å². The minimum Gasteiger partial charge on any atom is -0.481 e. The van der Waals surface area contributed by atoms with Gasteiger partial charge in [0.15, 0.2) is 0 Å². The molecule has 0 aliphatic heterocycles. The molecule has 406 valence electrons. The molecule has 0 aliphatic carbocycles. The van der Waals surface area contributed by atoms with Crippen molar-refractivity contribution in [3.63, 3.8) is 0 Å². The number of imidazole rings is 1. The van der Waals surface area contributed by atoms with Gasteiger partial charge in [-0.25, -0.2) is 4.98 Å². The summed E-state index contributed by atoms with van der Waals surface area (Å²) < 4.78 is 14.5. The molecule has 0 radical (unpaired) electrons. The highest BCUT2D eigenvalue weighted by molar-refractivity contribution is 7.98. The number of H-pyrrole nitrogens is 1. The van der Waals surface area contributed by atoms with Crippen molar-refractivity contribution in [3.05, 3.63) is 54.2 Å². The zero-order valence-corrected chi connectivity index (χ0v) is 42.9. The first kappa shape index (κ1) is 60.7. The Labute approximate surface area is 430 Å². The molecule has 10 amide bonds. The van der Waals surface area contributed by atoms with Crippen LogP contribution in [0.15, 0.2) is 43.0 Å². The molecule has 25 nitrogen and oxygen atoms in total. The molecule has 74 heavy (non-hydrogen) atoms. The summed E-state index contributed by atoms with van der Waals surface area (Å²) in [4.78, 5) is 150. The Balaban J connectivity index is 1.76.